The van der Waals surface area contributed by atoms with Crippen LogP contribution in [0.5, 0.6) is 0 Å². The second kappa shape index (κ2) is 8.85. The number of nitrogens with one attached hydrogen (secondary N) is 1. The van der Waals surface area contributed by atoms with Crippen molar-refractivity contribution in [2.24, 2.45) is 17.6 Å². The lowest BCUT2D eigenvalue weighted by atomic mass is 9.67. The molecule has 2 atom stereocenters. The normalized spacial score (nSPS) is 28.2. The molecule has 2 bridgehead atoms. The molecule has 146 valence electrons. The molecular formula is C18H24ClF3N2OS. The van der Waals surface area contributed by atoms with Crippen molar-refractivity contribution in [1.29, 1.82) is 0 Å². The number of halogens is 4. The Morgan fingerprint density at radius 3 is 2.50 bits per heavy atom. The number of hydrogen-bond acceptors (Lipinski definition) is 3. The predicted molar refractivity (Wildman–Crippen MR) is 99.4 cm³/mol. The van der Waals surface area contributed by atoms with Gasteiger partial charge in [0.1, 0.15) is 0 Å². The summed E-state index contributed by atoms with van der Waals surface area (Å²) in [6.45, 7) is 0. The minimum absolute atomic E-state index is 0. The van der Waals surface area contributed by atoms with Gasteiger partial charge in [0.05, 0.1) is 11.3 Å². The van der Waals surface area contributed by atoms with Gasteiger partial charge in [-0.2, -0.15) is 13.2 Å². The van der Waals surface area contributed by atoms with Gasteiger partial charge in [0.25, 0.3) is 0 Å². The van der Waals surface area contributed by atoms with E-state index in [1.54, 1.807) is 6.07 Å². The van der Waals surface area contributed by atoms with Gasteiger partial charge in [-0.1, -0.05) is 12.5 Å². The molecule has 0 radical (unpaired) electrons. The van der Waals surface area contributed by atoms with Crippen LogP contribution >= 0.6 is 24.2 Å². The van der Waals surface area contributed by atoms with E-state index >= 15 is 0 Å². The van der Waals surface area contributed by atoms with Gasteiger partial charge in [0.2, 0.25) is 5.91 Å². The number of amides is 1. The van der Waals surface area contributed by atoms with Crippen LogP contribution in [-0.2, 0) is 11.0 Å². The van der Waals surface area contributed by atoms with Gasteiger partial charge in [-0.3, -0.25) is 4.79 Å². The highest BCUT2D eigenvalue weighted by molar-refractivity contribution is 8.00. The predicted octanol–water partition coefficient (Wildman–Crippen LogP) is 4.24. The van der Waals surface area contributed by atoms with Crippen LogP contribution in [-0.4, -0.2) is 23.7 Å². The summed E-state index contributed by atoms with van der Waals surface area (Å²) in [5.41, 5.74) is 5.41. The molecule has 2 aliphatic rings. The number of carbonyl (C=O) groups is 1. The Kier molecular flexibility index (Phi) is 7.27. The Bertz CT molecular complexity index is 615. The summed E-state index contributed by atoms with van der Waals surface area (Å²) in [4.78, 5) is 12.7. The van der Waals surface area contributed by atoms with E-state index in [1.165, 1.54) is 12.5 Å². The molecule has 2 saturated carbocycles. The summed E-state index contributed by atoms with van der Waals surface area (Å²) in [5, 5.41) is 3.12. The van der Waals surface area contributed by atoms with Crippen molar-refractivity contribution >= 4 is 30.1 Å². The first kappa shape index (κ1) is 21.4. The monoisotopic (exact) mass is 408 g/mol. The molecule has 2 fully saturated rings. The topological polar surface area (TPSA) is 55.1 Å². The molecule has 2 aliphatic carbocycles. The largest absolute Gasteiger partial charge is 0.416 e. The summed E-state index contributed by atoms with van der Waals surface area (Å²) in [6.07, 6.45) is 0.904. The molecule has 0 spiro atoms. The molecule has 3 nitrogen and oxygen atoms in total. The van der Waals surface area contributed by atoms with Gasteiger partial charge >= 0.3 is 6.18 Å². The summed E-state index contributed by atoms with van der Waals surface area (Å²) in [7, 11) is 0. The highest BCUT2D eigenvalue weighted by atomic mass is 35.5. The summed E-state index contributed by atoms with van der Waals surface area (Å²) in [6, 6.07) is 5.49. The molecule has 1 aromatic rings. The van der Waals surface area contributed by atoms with E-state index in [0.29, 0.717) is 16.7 Å². The molecule has 0 saturated heterocycles. The number of fused-ring (bicyclic) bond motifs is 2. The number of benzene rings is 1. The Hall–Kier alpha value is -0.920. The van der Waals surface area contributed by atoms with Crippen LogP contribution in [0.3, 0.4) is 0 Å². The van der Waals surface area contributed by atoms with Gasteiger partial charge in [-0.15, -0.1) is 24.2 Å². The summed E-state index contributed by atoms with van der Waals surface area (Å²) >= 11 is 1.14. The van der Waals surface area contributed by atoms with Gasteiger partial charge < -0.3 is 11.1 Å². The number of carbonyl (C=O) groups excluding carboxylic acids is 1. The van der Waals surface area contributed by atoms with Crippen LogP contribution in [0, 0.1) is 11.8 Å². The molecular weight excluding hydrogens is 385 g/mol. The van der Waals surface area contributed by atoms with E-state index in [1.807, 2.05) is 0 Å². The van der Waals surface area contributed by atoms with E-state index in [0.717, 1.165) is 49.6 Å². The van der Waals surface area contributed by atoms with Crippen LogP contribution in [0.4, 0.5) is 13.2 Å². The number of nitrogens with two attached hydrogens (primary N) is 1. The smallest absolute Gasteiger partial charge is 0.352 e. The van der Waals surface area contributed by atoms with Crippen molar-refractivity contribution in [3.63, 3.8) is 0 Å². The molecule has 2 unspecified atom stereocenters. The highest BCUT2D eigenvalue weighted by Crippen LogP contribution is 2.39. The van der Waals surface area contributed by atoms with E-state index in [-0.39, 0.29) is 36.2 Å². The first-order valence-corrected chi connectivity index (χ1v) is 9.66. The second-order valence-electron chi connectivity index (χ2n) is 7.09. The van der Waals surface area contributed by atoms with Gasteiger partial charge in [0, 0.05) is 17.0 Å². The molecule has 1 amide bonds. The third-order valence-electron chi connectivity index (χ3n) is 5.24. The summed E-state index contributed by atoms with van der Waals surface area (Å²) < 4.78 is 38.2. The quantitative estimate of drug-likeness (QED) is 0.732. The molecule has 0 heterocycles. The lowest BCUT2D eigenvalue weighted by Gasteiger charge is -2.45. The lowest BCUT2D eigenvalue weighted by molar-refractivity contribution is -0.137. The first-order valence-electron chi connectivity index (χ1n) is 8.68. The number of alkyl halides is 3. The van der Waals surface area contributed by atoms with Gasteiger partial charge in [-0.25, -0.2) is 0 Å². The lowest BCUT2D eigenvalue weighted by Crippen LogP contribution is -2.54. The molecule has 0 aliphatic heterocycles. The van der Waals surface area contributed by atoms with Crippen molar-refractivity contribution in [2.45, 2.75) is 55.3 Å². The average Bonchev–Trinajstić information content (AvgIpc) is 2.53. The minimum Gasteiger partial charge on any atom is -0.352 e. The van der Waals surface area contributed by atoms with Crippen LogP contribution in [0.2, 0.25) is 0 Å². The van der Waals surface area contributed by atoms with Crippen LogP contribution < -0.4 is 11.1 Å². The Morgan fingerprint density at radius 2 is 1.88 bits per heavy atom. The standard InChI is InChI=1S/C18H23F3N2OS.ClH/c19-18(20,21)13-5-2-6-15(9-13)25-10-16(24)23-17-11-3-1-4-12(17)8-14(22)7-11;/h2,5-6,9,11-12,14,17H,1,3-4,7-8,10,22H2,(H,23,24);1H. The maximum atomic E-state index is 12.7. The molecule has 8 heteroatoms. The van der Waals surface area contributed by atoms with Crippen molar-refractivity contribution in [1.82, 2.24) is 5.32 Å². The fraction of sp³-hybridized carbons (Fsp3) is 0.611. The van der Waals surface area contributed by atoms with E-state index in [9.17, 15) is 18.0 Å². The van der Waals surface area contributed by atoms with Crippen LogP contribution in [0.15, 0.2) is 29.2 Å². The first-order chi connectivity index (χ1) is 11.8. The van der Waals surface area contributed by atoms with E-state index < -0.39 is 11.7 Å². The van der Waals surface area contributed by atoms with Gasteiger partial charge in [-0.05, 0) is 55.7 Å². The van der Waals surface area contributed by atoms with Crippen LogP contribution in [0.1, 0.15) is 37.7 Å². The third-order valence-corrected chi connectivity index (χ3v) is 6.23. The Balaban J connectivity index is 0.00000243. The SMILES string of the molecule is Cl.NC1CC2CCCC(C1)C2NC(=O)CSc1cccc(C(F)(F)F)c1. The van der Waals surface area contributed by atoms with Gasteiger partial charge in [0.15, 0.2) is 0 Å². The van der Waals surface area contributed by atoms with Crippen molar-refractivity contribution in [2.75, 3.05) is 5.75 Å². The number of rotatable bonds is 4. The number of thioether (sulfide) groups is 1. The fourth-order valence-electron chi connectivity index (χ4n) is 4.16. The summed E-state index contributed by atoms with van der Waals surface area (Å²) in [5.74, 6) is 0.887. The highest BCUT2D eigenvalue weighted by Gasteiger charge is 2.39. The fourth-order valence-corrected chi connectivity index (χ4v) is 4.93. The Morgan fingerprint density at radius 1 is 1.23 bits per heavy atom. The molecule has 26 heavy (non-hydrogen) atoms. The van der Waals surface area contributed by atoms with Crippen LogP contribution in [0.25, 0.3) is 0 Å². The average molecular weight is 409 g/mol. The maximum Gasteiger partial charge on any atom is 0.416 e. The molecule has 3 rings (SSSR count). The molecule has 3 N–H and O–H groups in total. The van der Waals surface area contributed by atoms with Crippen molar-refractivity contribution in [3.8, 4) is 0 Å². The zero-order valence-electron chi connectivity index (χ0n) is 14.3. The number of hydrogen-bond donors (Lipinski definition) is 2. The molecule has 0 aromatic heterocycles. The van der Waals surface area contributed by atoms with Crippen molar-refractivity contribution in [3.05, 3.63) is 29.8 Å². The Labute approximate surface area is 162 Å². The zero-order chi connectivity index (χ0) is 18.0. The second-order valence-corrected chi connectivity index (χ2v) is 8.14. The van der Waals surface area contributed by atoms with E-state index in [2.05, 4.69) is 5.32 Å². The maximum absolute atomic E-state index is 12.7. The van der Waals surface area contributed by atoms with Crippen molar-refractivity contribution < 1.29 is 18.0 Å². The minimum atomic E-state index is -4.36. The molecule has 1 aromatic carbocycles. The van der Waals surface area contributed by atoms with E-state index in [4.69, 9.17) is 5.73 Å². The third kappa shape index (κ3) is 5.30. The zero-order valence-corrected chi connectivity index (χ0v) is 15.9.